The molecule has 1 aromatic heterocycles. The molecule has 0 spiro atoms. The van der Waals surface area contributed by atoms with Gasteiger partial charge in [-0.25, -0.2) is 4.79 Å². The SMILES string of the molecule is CCOC(=O)c1oc2ccc(CC(=O)c3ccc(OC)cc3OC)cc2c1C. The highest BCUT2D eigenvalue weighted by molar-refractivity contribution is 6.01. The van der Waals surface area contributed by atoms with Gasteiger partial charge in [0.05, 0.1) is 26.4 Å². The number of aryl methyl sites for hydroxylation is 1. The van der Waals surface area contributed by atoms with Gasteiger partial charge in [-0.2, -0.15) is 0 Å². The molecule has 6 heteroatoms. The fraction of sp³-hybridized carbons (Fsp3) is 0.273. The number of esters is 1. The van der Waals surface area contributed by atoms with Crippen molar-refractivity contribution in [1.29, 1.82) is 0 Å². The van der Waals surface area contributed by atoms with Crippen LogP contribution in [0.25, 0.3) is 11.0 Å². The molecule has 0 atom stereocenters. The molecule has 0 N–H and O–H groups in total. The lowest BCUT2D eigenvalue weighted by molar-refractivity contribution is 0.0491. The smallest absolute Gasteiger partial charge is 0.374 e. The van der Waals surface area contributed by atoms with Crippen LogP contribution in [-0.2, 0) is 11.2 Å². The standard InChI is InChI=1S/C22H22O6/c1-5-27-22(24)21-13(2)17-10-14(6-9-19(17)28-21)11-18(23)16-8-7-15(25-3)12-20(16)26-4/h6-10,12H,5,11H2,1-4H3. The lowest BCUT2D eigenvalue weighted by Gasteiger charge is -2.09. The van der Waals surface area contributed by atoms with Crippen molar-refractivity contribution >= 4 is 22.7 Å². The van der Waals surface area contributed by atoms with E-state index >= 15 is 0 Å². The number of ketones is 1. The summed E-state index contributed by atoms with van der Waals surface area (Å²) >= 11 is 0. The summed E-state index contributed by atoms with van der Waals surface area (Å²) in [5.41, 5.74) is 2.58. The van der Waals surface area contributed by atoms with E-state index in [0.29, 0.717) is 28.2 Å². The Bertz CT molecular complexity index is 1030. The Labute approximate surface area is 163 Å². The van der Waals surface area contributed by atoms with E-state index in [1.54, 1.807) is 45.2 Å². The average molecular weight is 382 g/mol. The van der Waals surface area contributed by atoms with Gasteiger partial charge in [0.25, 0.3) is 0 Å². The summed E-state index contributed by atoms with van der Waals surface area (Å²) in [4.78, 5) is 24.8. The quantitative estimate of drug-likeness (QED) is 0.446. The minimum absolute atomic E-state index is 0.0781. The number of fused-ring (bicyclic) bond motifs is 1. The zero-order valence-electron chi connectivity index (χ0n) is 16.3. The Kier molecular flexibility index (Phi) is 5.68. The number of ether oxygens (including phenoxy) is 3. The van der Waals surface area contributed by atoms with Gasteiger partial charge in [0.2, 0.25) is 5.76 Å². The van der Waals surface area contributed by atoms with Crippen LogP contribution in [0.5, 0.6) is 11.5 Å². The summed E-state index contributed by atoms with van der Waals surface area (Å²) in [5, 5.41) is 0.787. The van der Waals surface area contributed by atoms with E-state index in [4.69, 9.17) is 18.6 Å². The minimum atomic E-state index is -0.489. The number of carbonyl (C=O) groups is 2. The molecule has 0 aliphatic heterocycles. The third-order valence-corrected chi connectivity index (χ3v) is 4.54. The van der Waals surface area contributed by atoms with Gasteiger partial charge in [0.15, 0.2) is 5.78 Å². The third kappa shape index (κ3) is 3.71. The average Bonchev–Trinajstić information content (AvgIpc) is 3.04. The molecule has 0 bridgehead atoms. The Hall–Kier alpha value is -3.28. The second kappa shape index (κ2) is 8.17. The molecule has 0 aliphatic rings. The maximum Gasteiger partial charge on any atom is 0.374 e. The number of hydrogen-bond acceptors (Lipinski definition) is 6. The van der Waals surface area contributed by atoms with Crippen LogP contribution in [0.2, 0.25) is 0 Å². The molecule has 1 heterocycles. The molecule has 3 rings (SSSR count). The van der Waals surface area contributed by atoms with Gasteiger partial charge in [-0.15, -0.1) is 0 Å². The largest absolute Gasteiger partial charge is 0.497 e. The summed E-state index contributed by atoms with van der Waals surface area (Å²) in [6.07, 6.45) is 0.192. The molecule has 2 aromatic carbocycles. The first-order chi connectivity index (χ1) is 13.5. The monoisotopic (exact) mass is 382 g/mol. The number of hydrogen-bond donors (Lipinski definition) is 0. The van der Waals surface area contributed by atoms with Crippen molar-refractivity contribution in [1.82, 2.24) is 0 Å². The summed E-state index contributed by atoms with van der Waals surface area (Å²) in [7, 11) is 3.08. The van der Waals surface area contributed by atoms with E-state index in [1.807, 2.05) is 12.1 Å². The molecule has 0 amide bonds. The first-order valence-corrected chi connectivity index (χ1v) is 8.92. The van der Waals surface area contributed by atoms with Crippen molar-refractivity contribution < 1.29 is 28.2 Å². The zero-order valence-corrected chi connectivity index (χ0v) is 16.3. The minimum Gasteiger partial charge on any atom is -0.497 e. The molecule has 3 aromatic rings. The topological polar surface area (TPSA) is 75.0 Å². The number of benzene rings is 2. The van der Waals surface area contributed by atoms with Crippen LogP contribution in [0.3, 0.4) is 0 Å². The van der Waals surface area contributed by atoms with E-state index in [2.05, 4.69) is 0 Å². The molecule has 28 heavy (non-hydrogen) atoms. The van der Waals surface area contributed by atoms with Crippen LogP contribution >= 0.6 is 0 Å². The van der Waals surface area contributed by atoms with Crippen molar-refractivity contribution in [2.45, 2.75) is 20.3 Å². The molecule has 0 saturated heterocycles. The molecule has 0 aliphatic carbocycles. The normalized spacial score (nSPS) is 10.7. The summed E-state index contributed by atoms with van der Waals surface area (Å²) in [5.74, 6) is 0.712. The van der Waals surface area contributed by atoms with Crippen LogP contribution in [0, 0.1) is 6.92 Å². The summed E-state index contributed by atoms with van der Waals surface area (Å²) < 4.78 is 21.1. The van der Waals surface area contributed by atoms with Crippen LogP contribution < -0.4 is 9.47 Å². The molecule has 0 radical (unpaired) electrons. The predicted octanol–water partition coefficient (Wildman–Crippen LogP) is 4.36. The van der Waals surface area contributed by atoms with E-state index < -0.39 is 5.97 Å². The molecule has 0 unspecified atom stereocenters. The maximum atomic E-state index is 12.8. The predicted molar refractivity (Wildman–Crippen MR) is 104 cm³/mol. The number of Topliss-reactive ketones (excluding diaryl/α,β-unsaturated/α-hetero) is 1. The lowest BCUT2D eigenvalue weighted by atomic mass is 10.00. The molecule has 0 fully saturated rings. The fourth-order valence-electron chi connectivity index (χ4n) is 3.08. The van der Waals surface area contributed by atoms with Crippen molar-refractivity contribution in [3.63, 3.8) is 0 Å². The van der Waals surface area contributed by atoms with E-state index in [0.717, 1.165) is 10.9 Å². The van der Waals surface area contributed by atoms with Gasteiger partial charge in [0.1, 0.15) is 17.1 Å². The molecular formula is C22H22O6. The number of furan rings is 1. The second-order valence-corrected chi connectivity index (χ2v) is 6.27. The van der Waals surface area contributed by atoms with Crippen LogP contribution in [0.4, 0.5) is 0 Å². The Balaban J connectivity index is 1.89. The van der Waals surface area contributed by atoms with Gasteiger partial charge < -0.3 is 18.6 Å². The first kappa shape index (κ1) is 19.5. The Morgan fingerprint density at radius 1 is 1.04 bits per heavy atom. The highest BCUT2D eigenvalue weighted by atomic mass is 16.5. The van der Waals surface area contributed by atoms with Crippen molar-refractivity contribution in [2.75, 3.05) is 20.8 Å². The second-order valence-electron chi connectivity index (χ2n) is 6.27. The zero-order chi connectivity index (χ0) is 20.3. The van der Waals surface area contributed by atoms with Gasteiger partial charge >= 0.3 is 5.97 Å². The van der Waals surface area contributed by atoms with Gasteiger partial charge in [-0.3, -0.25) is 4.79 Å². The fourth-order valence-corrected chi connectivity index (χ4v) is 3.08. The third-order valence-electron chi connectivity index (χ3n) is 4.54. The van der Waals surface area contributed by atoms with Crippen molar-refractivity contribution in [2.24, 2.45) is 0 Å². The molecule has 146 valence electrons. The number of carbonyl (C=O) groups excluding carboxylic acids is 2. The molecule has 0 saturated carbocycles. The molecular weight excluding hydrogens is 360 g/mol. The summed E-state index contributed by atoms with van der Waals surface area (Å²) in [6.45, 7) is 3.82. The number of rotatable bonds is 7. The number of methoxy groups -OCH3 is 2. The van der Waals surface area contributed by atoms with E-state index in [-0.39, 0.29) is 24.6 Å². The highest BCUT2D eigenvalue weighted by Crippen LogP contribution is 2.29. The Morgan fingerprint density at radius 2 is 1.82 bits per heavy atom. The Morgan fingerprint density at radius 3 is 2.50 bits per heavy atom. The van der Waals surface area contributed by atoms with Gasteiger partial charge in [-0.1, -0.05) is 6.07 Å². The van der Waals surface area contributed by atoms with Crippen molar-refractivity contribution in [3.8, 4) is 11.5 Å². The van der Waals surface area contributed by atoms with E-state index in [9.17, 15) is 9.59 Å². The van der Waals surface area contributed by atoms with Crippen LogP contribution in [0.15, 0.2) is 40.8 Å². The highest BCUT2D eigenvalue weighted by Gasteiger charge is 2.20. The first-order valence-electron chi connectivity index (χ1n) is 8.92. The van der Waals surface area contributed by atoms with Crippen LogP contribution in [0.1, 0.15) is 39.0 Å². The van der Waals surface area contributed by atoms with Crippen molar-refractivity contribution in [3.05, 3.63) is 58.8 Å². The van der Waals surface area contributed by atoms with Crippen LogP contribution in [-0.4, -0.2) is 32.6 Å². The maximum absolute atomic E-state index is 12.8. The van der Waals surface area contributed by atoms with Gasteiger partial charge in [0, 0.05) is 23.4 Å². The molecule has 6 nitrogen and oxygen atoms in total. The van der Waals surface area contributed by atoms with E-state index in [1.165, 1.54) is 7.11 Å². The van der Waals surface area contributed by atoms with Gasteiger partial charge in [-0.05, 0) is 43.7 Å². The lowest BCUT2D eigenvalue weighted by Crippen LogP contribution is -2.06. The summed E-state index contributed by atoms with van der Waals surface area (Å²) in [6, 6.07) is 10.5.